The number of amides is 1. The van der Waals surface area contributed by atoms with Crippen molar-refractivity contribution in [1.29, 1.82) is 0 Å². The van der Waals surface area contributed by atoms with Crippen LogP contribution in [0.25, 0.3) is 0 Å². The van der Waals surface area contributed by atoms with Crippen LogP contribution in [-0.2, 0) is 0 Å². The Bertz CT molecular complexity index is 613. The standard InChI is InChI=1S/C16H16ClNO2/c1-11-5-4-6-12(9-11)16(20)18-10-15(19)13-7-2-3-8-14(13)17/h2-9,15,19H,10H2,1H3,(H,18,20). The number of aryl methyl sites for hydroxylation is 1. The van der Waals surface area contributed by atoms with Crippen LogP contribution in [0.2, 0.25) is 5.02 Å². The van der Waals surface area contributed by atoms with Gasteiger partial charge >= 0.3 is 0 Å². The van der Waals surface area contributed by atoms with E-state index in [-0.39, 0.29) is 12.5 Å². The molecule has 1 unspecified atom stereocenters. The Kier molecular flexibility index (Phi) is 4.77. The third-order valence-corrected chi connectivity index (χ3v) is 3.34. The molecule has 2 aromatic rings. The lowest BCUT2D eigenvalue weighted by Gasteiger charge is -2.13. The van der Waals surface area contributed by atoms with Crippen molar-refractivity contribution in [3.8, 4) is 0 Å². The molecule has 0 spiro atoms. The van der Waals surface area contributed by atoms with Crippen LogP contribution in [0.3, 0.4) is 0 Å². The number of hydrogen-bond donors (Lipinski definition) is 2. The van der Waals surface area contributed by atoms with E-state index in [0.29, 0.717) is 16.1 Å². The Morgan fingerprint density at radius 2 is 2.00 bits per heavy atom. The van der Waals surface area contributed by atoms with E-state index in [4.69, 9.17) is 11.6 Å². The average molecular weight is 290 g/mol. The minimum absolute atomic E-state index is 0.122. The molecule has 1 atom stereocenters. The molecule has 0 fully saturated rings. The third kappa shape index (κ3) is 3.59. The van der Waals surface area contributed by atoms with Crippen LogP contribution >= 0.6 is 11.6 Å². The fourth-order valence-electron chi connectivity index (χ4n) is 1.93. The molecule has 0 saturated carbocycles. The van der Waals surface area contributed by atoms with Crippen LogP contribution in [0.1, 0.15) is 27.6 Å². The van der Waals surface area contributed by atoms with Crippen molar-refractivity contribution in [2.75, 3.05) is 6.54 Å². The van der Waals surface area contributed by atoms with E-state index in [0.717, 1.165) is 5.56 Å². The first-order valence-corrected chi connectivity index (χ1v) is 6.73. The van der Waals surface area contributed by atoms with Crippen molar-refractivity contribution in [2.24, 2.45) is 0 Å². The summed E-state index contributed by atoms with van der Waals surface area (Å²) in [6.45, 7) is 2.05. The van der Waals surface area contributed by atoms with Crippen molar-refractivity contribution in [3.05, 3.63) is 70.2 Å². The molecule has 0 bridgehead atoms. The van der Waals surface area contributed by atoms with Crippen LogP contribution in [0.5, 0.6) is 0 Å². The Morgan fingerprint density at radius 3 is 2.70 bits per heavy atom. The SMILES string of the molecule is Cc1cccc(C(=O)NCC(O)c2ccccc2Cl)c1. The first kappa shape index (κ1) is 14.6. The largest absolute Gasteiger partial charge is 0.387 e. The highest BCUT2D eigenvalue weighted by molar-refractivity contribution is 6.31. The molecule has 3 nitrogen and oxygen atoms in total. The molecule has 0 heterocycles. The minimum Gasteiger partial charge on any atom is -0.387 e. The lowest BCUT2D eigenvalue weighted by atomic mass is 10.1. The van der Waals surface area contributed by atoms with Gasteiger partial charge in [-0.3, -0.25) is 4.79 Å². The van der Waals surface area contributed by atoms with Gasteiger partial charge in [-0.1, -0.05) is 47.5 Å². The van der Waals surface area contributed by atoms with E-state index in [1.165, 1.54) is 0 Å². The maximum Gasteiger partial charge on any atom is 0.251 e. The summed E-state index contributed by atoms with van der Waals surface area (Å²) in [7, 11) is 0. The number of halogens is 1. The van der Waals surface area contributed by atoms with E-state index in [1.807, 2.05) is 19.1 Å². The molecule has 0 aliphatic rings. The highest BCUT2D eigenvalue weighted by atomic mass is 35.5. The third-order valence-electron chi connectivity index (χ3n) is 3.00. The Hall–Kier alpha value is -1.84. The van der Waals surface area contributed by atoms with Crippen molar-refractivity contribution < 1.29 is 9.90 Å². The molecule has 0 radical (unpaired) electrons. The average Bonchev–Trinajstić information content (AvgIpc) is 2.45. The molecule has 2 aromatic carbocycles. The Morgan fingerprint density at radius 1 is 1.25 bits per heavy atom. The fraction of sp³-hybridized carbons (Fsp3) is 0.188. The quantitative estimate of drug-likeness (QED) is 0.908. The van der Waals surface area contributed by atoms with Crippen molar-refractivity contribution in [3.63, 3.8) is 0 Å². The Labute approximate surface area is 123 Å². The second-order valence-electron chi connectivity index (χ2n) is 4.62. The molecule has 104 valence electrons. The monoisotopic (exact) mass is 289 g/mol. The summed E-state index contributed by atoms with van der Waals surface area (Å²) in [5.74, 6) is -0.209. The van der Waals surface area contributed by atoms with E-state index >= 15 is 0 Å². The molecule has 20 heavy (non-hydrogen) atoms. The number of rotatable bonds is 4. The summed E-state index contributed by atoms with van der Waals surface area (Å²) in [5, 5.41) is 13.2. The Balaban J connectivity index is 1.99. The molecule has 2 rings (SSSR count). The van der Waals surface area contributed by atoms with Gasteiger partial charge in [0.15, 0.2) is 0 Å². The number of hydrogen-bond acceptors (Lipinski definition) is 2. The normalized spacial score (nSPS) is 11.9. The lowest BCUT2D eigenvalue weighted by Crippen LogP contribution is -2.28. The lowest BCUT2D eigenvalue weighted by molar-refractivity contribution is 0.0916. The van der Waals surface area contributed by atoms with Crippen LogP contribution in [-0.4, -0.2) is 17.6 Å². The van der Waals surface area contributed by atoms with Crippen molar-refractivity contribution in [2.45, 2.75) is 13.0 Å². The predicted molar refractivity (Wildman–Crippen MR) is 79.9 cm³/mol. The van der Waals surface area contributed by atoms with E-state index in [1.54, 1.807) is 36.4 Å². The van der Waals surface area contributed by atoms with Gasteiger partial charge < -0.3 is 10.4 Å². The zero-order chi connectivity index (χ0) is 14.5. The summed E-state index contributed by atoms with van der Waals surface area (Å²) in [6, 6.07) is 14.3. The predicted octanol–water partition coefficient (Wildman–Crippen LogP) is 3.11. The highest BCUT2D eigenvalue weighted by Gasteiger charge is 2.13. The number of carbonyl (C=O) groups is 1. The maximum absolute atomic E-state index is 12.0. The molecule has 4 heteroatoms. The topological polar surface area (TPSA) is 49.3 Å². The number of benzene rings is 2. The summed E-state index contributed by atoms with van der Waals surface area (Å²) in [5.41, 5.74) is 2.21. The summed E-state index contributed by atoms with van der Waals surface area (Å²) >= 11 is 6.00. The van der Waals surface area contributed by atoms with Gasteiger partial charge in [0.2, 0.25) is 0 Å². The first-order valence-electron chi connectivity index (χ1n) is 6.35. The van der Waals surface area contributed by atoms with Crippen LogP contribution in [0.15, 0.2) is 48.5 Å². The zero-order valence-electron chi connectivity index (χ0n) is 11.1. The summed E-state index contributed by atoms with van der Waals surface area (Å²) in [4.78, 5) is 12.0. The number of nitrogens with one attached hydrogen (secondary N) is 1. The van der Waals surface area contributed by atoms with Gasteiger partial charge in [0.1, 0.15) is 0 Å². The molecule has 2 N–H and O–H groups in total. The van der Waals surface area contributed by atoms with Crippen molar-refractivity contribution in [1.82, 2.24) is 5.32 Å². The number of carbonyl (C=O) groups excluding carboxylic acids is 1. The van der Waals surface area contributed by atoms with Gasteiger partial charge in [-0.05, 0) is 25.1 Å². The van der Waals surface area contributed by atoms with Gasteiger partial charge in [0.05, 0.1) is 6.10 Å². The van der Waals surface area contributed by atoms with Crippen LogP contribution in [0, 0.1) is 6.92 Å². The molecular weight excluding hydrogens is 274 g/mol. The fourth-order valence-corrected chi connectivity index (χ4v) is 2.19. The summed E-state index contributed by atoms with van der Waals surface area (Å²) in [6.07, 6.45) is -0.822. The molecule has 0 aliphatic carbocycles. The minimum atomic E-state index is -0.822. The number of aliphatic hydroxyl groups is 1. The van der Waals surface area contributed by atoms with Crippen LogP contribution < -0.4 is 5.32 Å². The smallest absolute Gasteiger partial charge is 0.251 e. The van der Waals surface area contributed by atoms with E-state index in [2.05, 4.69) is 5.32 Å². The second-order valence-corrected chi connectivity index (χ2v) is 5.02. The van der Waals surface area contributed by atoms with Gasteiger partial charge in [0, 0.05) is 22.7 Å². The molecule has 0 aliphatic heterocycles. The highest BCUT2D eigenvalue weighted by Crippen LogP contribution is 2.21. The van der Waals surface area contributed by atoms with E-state index in [9.17, 15) is 9.90 Å². The summed E-state index contributed by atoms with van der Waals surface area (Å²) < 4.78 is 0. The van der Waals surface area contributed by atoms with Gasteiger partial charge in [-0.25, -0.2) is 0 Å². The first-order chi connectivity index (χ1) is 9.58. The molecule has 1 amide bonds. The van der Waals surface area contributed by atoms with E-state index < -0.39 is 6.10 Å². The zero-order valence-corrected chi connectivity index (χ0v) is 11.9. The number of aliphatic hydroxyl groups excluding tert-OH is 1. The second kappa shape index (κ2) is 6.55. The molecule has 0 aromatic heterocycles. The van der Waals surface area contributed by atoms with Gasteiger partial charge in [0.25, 0.3) is 5.91 Å². The maximum atomic E-state index is 12.0. The van der Waals surface area contributed by atoms with Crippen molar-refractivity contribution >= 4 is 17.5 Å². The molecule has 0 saturated heterocycles. The van der Waals surface area contributed by atoms with Crippen LogP contribution in [0.4, 0.5) is 0 Å². The van der Waals surface area contributed by atoms with Gasteiger partial charge in [-0.2, -0.15) is 0 Å². The van der Waals surface area contributed by atoms with Gasteiger partial charge in [-0.15, -0.1) is 0 Å². The molecular formula is C16H16ClNO2.